The lowest BCUT2D eigenvalue weighted by Gasteiger charge is -2.13. The molecule has 2 N–H and O–H groups in total. The number of aromatic carboxylic acids is 1. The van der Waals surface area contributed by atoms with E-state index in [2.05, 4.69) is 53.2 Å². The molecule has 0 aliphatic heterocycles. The molecule has 0 atom stereocenters. The molecule has 1 aliphatic rings. The number of pyridine rings is 1. The van der Waals surface area contributed by atoms with Crippen LogP contribution in [0.5, 0.6) is 0 Å². The Morgan fingerprint density at radius 1 is 1.25 bits per heavy atom. The van der Waals surface area contributed by atoms with E-state index in [9.17, 15) is 9.90 Å². The molecule has 0 spiro atoms. The second-order valence-corrected chi connectivity index (χ2v) is 7.86. The van der Waals surface area contributed by atoms with Crippen molar-refractivity contribution in [3.8, 4) is 0 Å². The summed E-state index contributed by atoms with van der Waals surface area (Å²) in [5.74, 6) is 0.326. The van der Waals surface area contributed by atoms with Crippen molar-refractivity contribution in [1.29, 1.82) is 0 Å². The van der Waals surface area contributed by atoms with Gasteiger partial charge in [0.05, 0.1) is 5.52 Å². The number of anilines is 2. The average molecular weight is 377 g/mol. The topological polar surface area (TPSA) is 67.2 Å². The summed E-state index contributed by atoms with van der Waals surface area (Å²) in [5, 5.41) is 14.0. The highest BCUT2D eigenvalue weighted by atomic mass is 16.4. The van der Waals surface area contributed by atoms with Crippen LogP contribution in [0.15, 0.2) is 36.5 Å². The molecule has 3 aromatic rings. The van der Waals surface area contributed by atoms with Crippen molar-refractivity contribution in [1.82, 2.24) is 9.55 Å². The predicted molar refractivity (Wildman–Crippen MR) is 112 cm³/mol. The van der Waals surface area contributed by atoms with Gasteiger partial charge in [-0.3, -0.25) is 0 Å². The monoisotopic (exact) mass is 377 g/mol. The van der Waals surface area contributed by atoms with Gasteiger partial charge < -0.3 is 15.0 Å². The van der Waals surface area contributed by atoms with Crippen LogP contribution in [0.25, 0.3) is 10.9 Å². The lowest BCUT2D eigenvalue weighted by Crippen LogP contribution is -2.07. The number of benzene rings is 1. The largest absolute Gasteiger partial charge is 0.478 e. The van der Waals surface area contributed by atoms with Gasteiger partial charge in [-0.1, -0.05) is 26.2 Å². The molecule has 0 amide bonds. The Kier molecular flexibility index (Phi) is 5.07. The van der Waals surface area contributed by atoms with Gasteiger partial charge in [-0.2, -0.15) is 0 Å². The number of rotatable bonds is 8. The first-order valence-corrected chi connectivity index (χ1v) is 10.1. The van der Waals surface area contributed by atoms with Crippen LogP contribution in [0, 0.1) is 5.92 Å². The molecule has 5 nitrogen and oxygen atoms in total. The molecule has 5 heteroatoms. The number of hydrogen-bond donors (Lipinski definition) is 2. The van der Waals surface area contributed by atoms with Gasteiger partial charge in [0.1, 0.15) is 11.4 Å². The van der Waals surface area contributed by atoms with E-state index < -0.39 is 5.97 Å². The van der Waals surface area contributed by atoms with Gasteiger partial charge in [-0.05, 0) is 61.1 Å². The highest BCUT2D eigenvalue weighted by molar-refractivity contribution is 5.95. The second-order valence-electron chi connectivity index (χ2n) is 7.86. The summed E-state index contributed by atoms with van der Waals surface area (Å²) >= 11 is 0. The Bertz CT molecular complexity index is 1020. The fraction of sp³-hybridized carbons (Fsp3) is 0.391. The molecular formula is C23H27N3O2. The van der Waals surface area contributed by atoms with Crippen LogP contribution in [0.2, 0.25) is 0 Å². The van der Waals surface area contributed by atoms with Crippen molar-refractivity contribution in [2.75, 3.05) is 5.32 Å². The minimum absolute atomic E-state index is 0.201. The van der Waals surface area contributed by atoms with Gasteiger partial charge in [0.15, 0.2) is 0 Å². The van der Waals surface area contributed by atoms with Crippen LogP contribution >= 0.6 is 0 Å². The number of aromatic nitrogens is 2. The first kappa shape index (κ1) is 18.5. The summed E-state index contributed by atoms with van der Waals surface area (Å²) in [6.07, 6.45) is 8.85. The standard InChI is InChI=1S/C23H27N3O2/c1-3-4-18-9-10-20(23(27)28)22(24-18)25-19-13-16(8-7-15-5-6-15)21-17(14-19)11-12-26(21)2/h9-15H,3-8H2,1-2H3,(H,24,25)(H,27,28). The zero-order valence-electron chi connectivity index (χ0n) is 16.5. The van der Waals surface area contributed by atoms with Gasteiger partial charge in [0.25, 0.3) is 0 Å². The number of aryl methyl sites for hydroxylation is 3. The molecule has 1 aliphatic carbocycles. The van der Waals surface area contributed by atoms with Crippen LogP contribution in [0.1, 0.15) is 54.2 Å². The first-order chi connectivity index (χ1) is 13.5. The summed E-state index contributed by atoms with van der Waals surface area (Å²) < 4.78 is 2.17. The molecular weight excluding hydrogens is 350 g/mol. The van der Waals surface area contributed by atoms with E-state index in [1.165, 1.54) is 35.7 Å². The number of carboxylic acids is 1. The van der Waals surface area contributed by atoms with Gasteiger partial charge >= 0.3 is 5.97 Å². The van der Waals surface area contributed by atoms with E-state index in [4.69, 9.17) is 0 Å². The fourth-order valence-corrected chi connectivity index (χ4v) is 3.87. The number of fused-ring (bicyclic) bond motifs is 1. The molecule has 0 bridgehead atoms. The van der Waals surface area contributed by atoms with Crippen LogP contribution in [0.3, 0.4) is 0 Å². The Hall–Kier alpha value is -2.82. The second kappa shape index (κ2) is 7.66. The maximum atomic E-state index is 11.7. The minimum atomic E-state index is -0.965. The van der Waals surface area contributed by atoms with Gasteiger partial charge in [-0.25, -0.2) is 9.78 Å². The highest BCUT2D eigenvalue weighted by Crippen LogP contribution is 2.35. The summed E-state index contributed by atoms with van der Waals surface area (Å²) in [6.45, 7) is 2.09. The molecule has 1 saturated carbocycles. The number of nitrogens with one attached hydrogen (secondary N) is 1. The first-order valence-electron chi connectivity index (χ1n) is 10.1. The molecule has 28 heavy (non-hydrogen) atoms. The minimum Gasteiger partial charge on any atom is -0.478 e. The van der Waals surface area contributed by atoms with E-state index in [-0.39, 0.29) is 5.56 Å². The van der Waals surface area contributed by atoms with Crippen molar-refractivity contribution in [2.24, 2.45) is 13.0 Å². The third-order valence-corrected chi connectivity index (χ3v) is 5.52. The third-order valence-electron chi connectivity index (χ3n) is 5.52. The molecule has 1 fully saturated rings. The molecule has 2 aromatic heterocycles. The Morgan fingerprint density at radius 3 is 2.79 bits per heavy atom. The van der Waals surface area contributed by atoms with Crippen LogP contribution in [-0.2, 0) is 19.9 Å². The van der Waals surface area contributed by atoms with Crippen molar-refractivity contribution in [2.45, 2.75) is 45.4 Å². The number of carboxylic acid groups (broad SMARTS) is 1. The molecule has 146 valence electrons. The van der Waals surface area contributed by atoms with E-state index >= 15 is 0 Å². The van der Waals surface area contributed by atoms with Crippen LogP contribution in [-0.4, -0.2) is 20.6 Å². The average Bonchev–Trinajstić information content (AvgIpc) is 3.42. The summed E-state index contributed by atoms with van der Waals surface area (Å²) in [7, 11) is 2.08. The third kappa shape index (κ3) is 3.88. The van der Waals surface area contributed by atoms with Crippen molar-refractivity contribution < 1.29 is 9.90 Å². The predicted octanol–water partition coefficient (Wildman–Crippen LogP) is 5.31. The van der Waals surface area contributed by atoms with Crippen molar-refractivity contribution in [3.05, 3.63) is 53.3 Å². The maximum absolute atomic E-state index is 11.7. The van der Waals surface area contributed by atoms with Crippen LogP contribution < -0.4 is 5.32 Å². The van der Waals surface area contributed by atoms with E-state index in [0.717, 1.165) is 36.6 Å². The van der Waals surface area contributed by atoms with E-state index in [0.29, 0.717) is 5.82 Å². The summed E-state index contributed by atoms with van der Waals surface area (Å²) in [4.78, 5) is 16.2. The molecule has 2 heterocycles. The normalized spacial score (nSPS) is 13.8. The molecule has 0 saturated heterocycles. The zero-order chi connectivity index (χ0) is 19.7. The van der Waals surface area contributed by atoms with Gasteiger partial charge in [-0.15, -0.1) is 0 Å². The molecule has 0 radical (unpaired) electrons. The SMILES string of the molecule is CCCc1ccc(C(=O)O)c(Nc2cc(CCC3CC3)c3c(ccn3C)c2)n1. The Labute approximate surface area is 165 Å². The number of nitrogens with zero attached hydrogens (tertiary/aromatic N) is 2. The smallest absolute Gasteiger partial charge is 0.339 e. The quantitative estimate of drug-likeness (QED) is 0.558. The van der Waals surface area contributed by atoms with Crippen LogP contribution in [0.4, 0.5) is 11.5 Å². The van der Waals surface area contributed by atoms with Crippen molar-refractivity contribution in [3.63, 3.8) is 0 Å². The number of hydrogen-bond acceptors (Lipinski definition) is 3. The molecule has 4 rings (SSSR count). The fourth-order valence-electron chi connectivity index (χ4n) is 3.87. The highest BCUT2D eigenvalue weighted by Gasteiger charge is 2.21. The molecule has 1 aromatic carbocycles. The lowest BCUT2D eigenvalue weighted by molar-refractivity contribution is 0.0697. The maximum Gasteiger partial charge on any atom is 0.339 e. The van der Waals surface area contributed by atoms with Gasteiger partial charge in [0, 0.05) is 30.0 Å². The summed E-state index contributed by atoms with van der Waals surface area (Å²) in [5.41, 5.74) is 4.57. The van der Waals surface area contributed by atoms with E-state index in [1.54, 1.807) is 12.1 Å². The Morgan fingerprint density at radius 2 is 2.07 bits per heavy atom. The van der Waals surface area contributed by atoms with E-state index in [1.807, 2.05) is 0 Å². The Balaban J connectivity index is 1.71. The number of carbonyl (C=O) groups is 1. The summed E-state index contributed by atoms with van der Waals surface area (Å²) in [6, 6.07) is 9.80. The van der Waals surface area contributed by atoms with Gasteiger partial charge in [0.2, 0.25) is 0 Å². The lowest BCUT2D eigenvalue weighted by atomic mass is 10.0. The molecule has 0 unspecified atom stereocenters. The van der Waals surface area contributed by atoms with Crippen molar-refractivity contribution >= 4 is 28.4 Å². The zero-order valence-corrected chi connectivity index (χ0v) is 16.5.